The lowest BCUT2D eigenvalue weighted by Crippen LogP contribution is -2.35. The third kappa shape index (κ3) is 6.25. The van der Waals surface area contributed by atoms with Crippen molar-refractivity contribution >= 4 is 0 Å². The topological polar surface area (TPSA) is 42.5 Å². The van der Waals surface area contributed by atoms with Crippen molar-refractivity contribution in [3.05, 3.63) is 131 Å². The van der Waals surface area contributed by atoms with E-state index in [2.05, 4.69) is 95.6 Å². The molecule has 0 unspecified atom stereocenters. The predicted molar refractivity (Wildman–Crippen MR) is 138 cm³/mol. The van der Waals surface area contributed by atoms with Crippen molar-refractivity contribution in [2.45, 2.75) is 25.2 Å². The van der Waals surface area contributed by atoms with E-state index in [1.165, 1.54) is 22.3 Å². The van der Waals surface area contributed by atoms with Gasteiger partial charge in [-0.05, 0) is 46.5 Å². The Balaban J connectivity index is 1.62. The first-order chi connectivity index (χ1) is 16.8. The Hall–Kier alpha value is -3.60. The van der Waals surface area contributed by atoms with Crippen molar-refractivity contribution in [2.24, 2.45) is 0 Å². The SMILES string of the molecule is COc1cccc(CN[C@@H](c2ccccc2)[C@@H](NCc2cccc(OC)c2)c2ccccc2)c1. The largest absolute Gasteiger partial charge is 0.497 e. The monoisotopic (exact) mass is 452 g/mol. The van der Waals surface area contributed by atoms with Crippen LogP contribution in [0.3, 0.4) is 0 Å². The zero-order chi connectivity index (χ0) is 23.6. The molecule has 0 heterocycles. The lowest BCUT2D eigenvalue weighted by Gasteiger charge is -2.30. The van der Waals surface area contributed by atoms with Gasteiger partial charge in [0, 0.05) is 13.1 Å². The summed E-state index contributed by atoms with van der Waals surface area (Å²) in [5, 5.41) is 7.64. The molecular formula is C30H32N2O2. The van der Waals surface area contributed by atoms with Gasteiger partial charge in [-0.15, -0.1) is 0 Å². The van der Waals surface area contributed by atoms with Gasteiger partial charge in [0.1, 0.15) is 11.5 Å². The average molecular weight is 453 g/mol. The molecule has 2 N–H and O–H groups in total. The number of methoxy groups -OCH3 is 2. The first-order valence-corrected chi connectivity index (χ1v) is 11.6. The molecule has 0 spiro atoms. The minimum Gasteiger partial charge on any atom is -0.497 e. The summed E-state index contributed by atoms with van der Waals surface area (Å²) >= 11 is 0. The Morgan fingerprint density at radius 3 is 1.32 bits per heavy atom. The second kappa shape index (κ2) is 12.0. The van der Waals surface area contributed by atoms with Crippen LogP contribution in [0.2, 0.25) is 0 Å². The maximum atomic E-state index is 5.42. The maximum absolute atomic E-state index is 5.42. The number of nitrogens with one attached hydrogen (secondary N) is 2. The van der Waals surface area contributed by atoms with Gasteiger partial charge in [-0.2, -0.15) is 0 Å². The number of ether oxygens (including phenoxy) is 2. The summed E-state index contributed by atoms with van der Waals surface area (Å²) in [6, 6.07) is 37.8. The van der Waals surface area contributed by atoms with Crippen molar-refractivity contribution in [1.82, 2.24) is 10.6 Å². The molecule has 4 aromatic rings. The van der Waals surface area contributed by atoms with Gasteiger partial charge in [0.15, 0.2) is 0 Å². The summed E-state index contributed by atoms with van der Waals surface area (Å²) in [4.78, 5) is 0. The number of hydrogen-bond donors (Lipinski definition) is 2. The van der Waals surface area contributed by atoms with E-state index in [-0.39, 0.29) is 12.1 Å². The average Bonchev–Trinajstić information content (AvgIpc) is 2.91. The first kappa shape index (κ1) is 23.6. The highest BCUT2D eigenvalue weighted by atomic mass is 16.5. The molecular weight excluding hydrogens is 420 g/mol. The Morgan fingerprint density at radius 1 is 0.529 bits per heavy atom. The van der Waals surface area contributed by atoms with E-state index < -0.39 is 0 Å². The Morgan fingerprint density at radius 2 is 0.941 bits per heavy atom. The third-order valence-electron chi connectivity index (χ3n) is 5.97. The fourth-order valence-corrected chi connectivity index (χ4v) is 4.20. The van der Waals surface area contributed by atoms with Crippen LogP contribution < -0.4 is 20.1 Å². The van der Waals surface area contributed by atoms with E-state index in [0.29, 0.717) is 0 Å². The number of rotatable bonds is 11. The van der Waals surface area contributed by atoms with Crippen molar-refractivity contribution in [2.75, 3.05) is 14.2 Å². The van der Waals surface area contributed by atoms with Crippen LogP contribution in [0.25, 0.3) is 0 Å². The molecule has 2 atom stereocenters. The standard InChI is InChI=1S/C30H32N2O2/c1-33-27-17-9-11-23(19-27)21-31-29(25-13-5-3-6-14-25)30(26-15-7-4-8-16-26)32-22-24-12-10-18-28(20-24)34-2/h3-20,29-32H,21-22H2,1-2H3/t29-,30-/m0/s1. The Bertz CT molecular complexity index is 1060. The van der Waals surface area contributed by atoms with E-state index in [9.17, 15) is 0 Å². The van der Waals surface area contributed by atoms with Crippen LogP contribution in [0.15, 0.2) is 109 Å². The fraction of sp³-hybridized carbons (Fsp3) is 0.200. The second-order valence-electron chi connectivity index (χ2n) is 8.24. The molecule has 0 radical (unpaired) electrons. The molecule has 0 aromatic heterocycles. The van der Waals surface area contributed by atoms with Gasteiger partial charge >= 0.3 is 0 Å². The molecule has 4 heteroatoms. The smallest absolute Gasteiger partial charge is 0.119 e. The summed E-state index contributed by atoms with van der Waals surface area (Å²) in [5.74, 6) is 1.73. The number of hydrogen-bond acceptors (Lipinski definition) is 4. The molecule has 0 fully saturated rings. The molecule has 34 heavy (non-hydrogen) atoms. The first-order valence-electron chi connectivity index (χ1n) is 11.6. The molecule has 0 amide bonds. The summed E-state index contributed by atoms with van der Waals surface area (Å²) < 4.78 is 10.8. The minimum absolute atomic E-state index is 0.0559. The normalized spacial score (nSPS) is 12.6. The maximum Gasteiger partial charge on any atom is 0.119 e. The quantitative estimate of drug-likeness (QED) is 0.290. The van der Waals surface area contributed by atoms with Crippen molar-refractivity contribution in [3.63, 3.8) is 0 Å². The minimum atomic E-state index is 0.0559. The summed E-state index contributed by atoms with van der Waals surface area (Å²) in [7, 11) is 3.40. The zero-order valence-electron chi connectivity index (χ0n) is 19.8. The molecule has 4 nitrogen and oxygen atoms in total. The third-order valence-corrected chi connectivity index (χ3v) is 5.97. The van der Waals surface area contributed by atoms with Crippen molar-refractivity contribution in [1.29, 1.82) is 0 Å². The van der Waals surface area contributed by atoms with Gasteiger partial charge in [-0.3, -0.25) is 0 Å². The van der Waals surface area contributed by atoms with E-state index >= 15 is 0 Å². The van der Waals surface area contributed by atoms with Crippen LogP contribution >= 0.6 is 0 Å². The second-order valence-corrected chi connectivity index (χ2v) is 8.24. The van der Waals surface area contributed by atoms with Crippen LogP contribution in [-0.2, 0) is 13.1 Å². The molecule has 0 aliphatic carbocycles. The molecule has 4 aromatic carbocycles. The molecule has 0 bridgehead atoms. The van der Waals surface area contributed by atoms with Gasteiger partial charge in [0.2, 0.25) is 0 Å². The predicted octanol–water partition coefficient (Wildman–Crippen LogP) is 6.07. The fourth-order valence-electron chi connectivity index (χ4n) is 4.20. The highest BCUT2D eigenvalue weighted by Crippen LogP contribution is 2.30. The van der Waals surface area contributed by atoms with Crippen molar-refractivity contribution in [3.8, 4) is 11.5 Å². The summed E-state index contributed by atoms with van der Waals surface area (Å²) in [5.41, 5.74) is 4.83. The molecule has 174 valence electrons. The van der Waals surface area contributed by atoms with E-state index in [1.807, 2.05) is 24.3 Å². The Labute approximate surface area is 202 Å². The van der Waals surface area contributed by atoms with Crippen LogP contribution in [-0.4, -0.2) is 14.2 Å². The van der Waals surface area contributed by atoms with E-state index in [1.54, 1.807) is 14.2 Å². The van der Waals surface area contributed by atoms with Crippen molar-refractivity contribution < 1.29 is 9.47 Å². The number of benzene rings is 4. The van der Waals surface area contributed by atoms with Gasteiger partial charge < -0.3 is 20.1 Å². The zero-order valence-corrected chi connectivity index (χ0v) is 19.8. The van der Waals surface area contributed by atoms with Gasteiger partial charge in [0.25, 0.3) is 0 Å². The molecule has 0 aliphatic heterocycles. The van der Waals surface area contributed by atoms with Crippen LogP contribution in [0.4, 0.5) is 0 Å². The van der Waals surface area contributed by atoms with Crippen LogP contribution in [0, 0.1) is 0 Å². The lowest BCUT2D eigenvalue weighted by atomic mass is 9.92. The lowest BCUT2D eigenvalue weighted by molar-refractivity contribution is 0.379. The van der Waals surface area contributed by atoms with Gasteiger partial charge in [0.05, 0.1) is 26.3 Å². The highest BCUT2D eigenvalue weighted by molar-refractivity contribution is 5.32. The molecule has 4 rings (SSSR count). The molecule has 0 saturated heterocycles. The van der Waals surface area contributed by atoms with E-state index in [0.717, 1.165) is 24.6 Å². The summed E-state index contributed by atoms with van der Waals surface area (Å²) in [6.07, 6.45) is 0. The van der Waals surface area contributed by atoms with Crippen LogP contribution in [0.5, 0.6) is 11.5 Å². The van der Waals surface area contributed by atoms with Gasteiger partial charge in [-0.25, -0.2) is 0 Å². The molecule has 0 saturated carbocycles. The Kier molecular flexibility index (Phi) is 8.33. The van der Waals surface area contributed by atoms with E-state index in [4.69, 9.17) is 9.47 Å². The highest BCUT2D eigenvalue weighted by Gasteiger charge is 2.24. The summed E-state index contributed by atoms with van der Waals surface area (Å²) in [6.45, 7) is 1.45. The van der Waals surface area contributed by atoms with Gasteiger partial charge in [-0.1, -0.05) is 84.9 Å². The van der Waals surface area contributed by atoms with Crippen LogP contribution in [0.1, 0.15) is 34.3 Å². The molecule has 0 aliphatic rings.